The van der Waals surface area contributed by atoms with Gasteiger partial charge in [-0.3, -0.25) is 10.8 Å². The number of nitrogens with zero attached hydrogens (tertiary/aromatic N) is 2. The Labute approximate surface area is 112 Å². The first-order valence-electron chi connectivity index (χ1n) is 6.02. The molecule has 0 bridgehead atoms. The van der Waals surface area contributed by atoms with Gasteiger partial charge in [-0.1, -0.05) is 36.4 Å². The van der Waals surface area contributed by atoms with E-state index >= 15 is 0 Å². The van der Waals surface area contributed by atoms with Crippen LogP contribution < -0.4 is 0 Å². The number of allylic oxidation sites excluding steroid dienone is 2. The van der Waals surface area contributed by atoms with E-state index in [1.54, 1.807) is 0 Å². The van der Waals surface area contributed by atoms with E-state index in [9.17, 15) is 0 Å². The molecule has 2 aliphatic rings. The van der Waals surface area contributed by atoms with Gasteiger partial charge in [-0.05, 0) is 26.2 Å². The van der Waals surface area contributed by atoms with Crippen LogP contribution >= 0.6 is 11.8 Å². The van der Waals surface area contributed by atoms with Gasteiger partial charge >= 0.3 is 0 Å². The summed E-state index contributed by atoms with van der Waals surface area (Å²) in [6.45, 7) is 6.16. The molecule has 2 rings (SSSR count). The molecule has 18 heavy (non-hydrogen) atoms. The van der Waals surface area contributed by atoms with Gasteiger partial charge in [0, 0.05) is 17.0 Å². The smallest absolute Gasteiger partial charge is 0.183 e. The summed E-state index contributed by atoms with van der Waals surface area (Å²) in [6.07, 6.45) is 5.10. The number of hydrazone groups is 1. The van der Waals surface area contributed by atoms with Crippen LogP contribution in [-0.4, -0.2) is 27.5 Å². The summed E-state index contributed by atoms with van der Waals surface area (Å²) in [5.41, 5.74) is 3.06. The van der Waals surface area contributed by atoms with E-state index in [0.717, 1.165) is 23.5 Å². The number of nitrogens with one attached hydrogen (secondary N) is 2. The summed E-state index contributed by atoms with van der Waals surface area (Å²) in [5, 5.41) is 22.2. The maximum atomic E-state index is 8.27. The van der Waals surface area contributed by atoms with Crippen LogP contribution in [0.3, 0.4) is 0 Å². The first-order valence-corrected chi connectivity index (χ1v) is 7.01. The Hall–Kier alpha value is -1.36. The van der Waals surface area contributed by atoms with Crippen molar-refractivity contribution in [3.8, 4) is 0 Å². The standard InChI is InChI=1S/C13H18N4S/c1-8-5-4-6-11(10(8)3)12(14)17-13(15)18-7-9(2)16-17/h4,6,8,14-15H,5,7H2,1-3H3. The van der Waals surface area contributed by atoms with E-state index in [4.69, 9.17) is 10.8 Å². The molecule has 0 amide bonds. The van der Waals surface area contributed by atoms with Crippen LogP contribution in [0.4, 0.5) is 0 Å². The van der Waals surface area contributed by atoms with Crippen molar-refractivity contribution in [2.45, 2.75) is 27.2 Å². The minimum absolute atomic E-state index is 0.312. The van der Waals surface area contributed by atoms with Crippen molar-refractivity contribution < 1.29 is 0 Å². The Kier molecular flexibility index (Phi) is 3.71. The third-order valence-electron chi connectivity index (χ3n) is 3.29. The molecule has 0 radical (unpaired) electrons. The third kappa shape index (κ3) is 2.41. The highest BCUT2D eigenvalue weighted by molar-refractivity contribution is 8.14. The van der Waals surface area contributed by atoms with Gasteiger partial charge in [0.15, 0.2) is 11.0 Å². The molecular formula is C13H18N4S. The van der Waals surface area contributed by atoms with Crippen LogP contribution in [0.1, 0.15) is 27.2 Å². The molecule has 0 spiro atoms. The van der Waals surface area contributed by atoms with Crippen molar-refractivity contribution >= 4 is 28.5 Å². The maximum absolute atomic E-state index is 8.27. The summed E-state index contributed by atoms with van der Waals surface area (Å²) >= 11 is 1.42. The molecule has 1 aliphatic heterocycles. The second kappa shape index (κ2) is 5.10. The summed E-state index contributed by atoms with van der Waals surface area (Å²) in [4.78, 5) is 0. The summed E-state index contributed by atoms with van der Waals surface area (Å²) in [6, 6.07) is 0. The number of hydrogen-bond acceptors (Lipinski definition) is 4. The van der Waals surface area contributed by atoms with Gasteiger partial charge in [0.05, 0.1) is 0 Å². The second-order valence-electron chi connectivity index (χ2n) is 4.73. The third-order valence-corrected chi connectivity index (χ3v) is 4.29. The van der Waals surface area contributed by atoms with Gasteiger partial charge in [-0.15, -0.1) is 0 Å². The quantitative estimate of drug-likeness (QED) is 0.563. The molecule has 1 aliphatic carbocycles. The van der Waals surface area contributed by atoms with E-state index in [2.05, 4.69) is 25.0 Å². The lowest BCUT2D eigenvalue weighted by atomic mass is 9.89. The van der Waals surface area contributed by atoms with E-state index in [1.165, 1.54) is 22.3 Å². The lowest BCUT2D eigenvalue weighted by molar-refractivity contribution is 0.644. The molecule has 5 heteroatoms. The fourth-order valence-corrected chi connectivity index (χ4v) is 2.63. The molecule has 1 heterocycles. The zero-order chi connectivity index (χ0) is 13.3. The van der Waals surface area contributed by atoms with Crippen molar-refractivity contribution in [3.63, 3.8) is 0 Å². The van der Waals surface area contributed by atoms with E-state index < -0.39 is 0 Å². The van der Waals surface area contributed by atoms with E-state index in [0.29, 0.717) is 16.9 Å². The molecule has 0 aromatic rings. The highest BCUT2D eigenvalue weighted by Gasteiger charge is 2.24. The average Bonchev–Trinajstić information content (AvgIpc) is 2.35. The normalized spacial score (nSPS) is 24.4. The molecule has 0 saturated heterocycles. The SMILES string of the molecule is CC1=NN(C(=N)C2=C(C)C(C)CC=C2)C(=N)SC1. The number of amidine groups is 2. The van der Waals surface area contributed by atoms with Crippen molar-refractivity contribution in [2.24, 2.45) is 11.0 Å². The number of hydrogen-bond donors (Lipinski definition) is 2. The first-order chi connectivity index (χ1) is 8.50. The van der Waals surface area contributed by atoms with Crippen molar-refractivity contribution in [1.29, 1.82) is 10.8 Å². The molecule has 0 aromatic carbocycles. The molecule has 1 unspecified atom stereocenters. The Morgan fingerprint density at radius 2 is 2.22 bits per heavy atom. The van der Waals surface area contributed by atoms with Crippen LogP contribution in [-0.2, 0) is 0 Å². The fraction of sp³-hybridized carbons (Fsp3) is 0.462. The second-order valence-corrected chi connectivity index (χ2v) is 5.69. The maximum Gasteiger partial charge on any atom is 0.183 e. The predicted molar refractivity (Wildman–Crippen MR) is 78.5 cm³/mol. The first kappa shape index (κ1) is 13.1. The van der Waals surface area contributed by atoms with Gasteiger partial charge in [-0.25, -0.2) is 0 Å². The molecule has 0 aromatic heterocycles. The highest BCUT2D eigenvalue weighted by Crippen LogP contribution is 2.27. The lowest BCUT2D eigenvalue weighted by Gasteiger charge is -2.27. The molecule has 4 nitrogen and oxygen atoms in total. The predicted octanol–water partition coefficient (Wildman–Crippen LogP) is 3.24. The van der Waals surface area contributed by atoms with Crippen LogP contribution in [0.5, 0.6) is 0 Å². The van der Waals surface area contributed by atoms with Crippen molar-refractivity contribution in [1.82, 2.24) is 5.01 Å². The topological polar surface area (TPSA) is 63.3 Å². The van der Waals surface area contributed by atoms with Crippen LogP contribution in [0.15, 0.2) is 28.4 Å². The number of rotatable bonds is 1. The zero-order valence-corrected chi connectivity index (χ0v) is 11.8. The minimum atomic E-state index is 0.312. The van der Waals surface area contributed by atoms with Gasteiger partial charge in [-0.2, -0.15) is 10.1 Å². The molecule has 2 N–H and O–H groups in total. The lowest BCUT2D eigenvalue weighted by Crippen LogP contribution is -2.35. The van der Waals surface area contributed by atoms with Crippen molar-refractivity contribution in [2.75, 3.05) is 5.75 Å². The molecule has 96 valence electrons. The molecule has 0 saturated carbocycles. The van der Waals surface area contributed by atoms with E-state index in [1.807, 2.05) is 13.0 Å². The Balaban J connectivity index is 2.32. The monoisotopic (exact) mass is 262 g/mol. The summed E-state index contributed by atoms with van der Waals surface area (Å²) < 4.78 is 0. The average molecular weight is 262 g/mol. The Morgan fingerprint density at radius 1 is 1.50 bits per heavy atom. The van der Waals surface area contributed by atoms with Gasteiger partial charge < -0.3 is 0 Å². The van der Waals surface area contributed by atoms with Crippen LogP contribution in [0.2, 0.25) is 0 Å². The minimum Gasteiger partial charge on any atom is -0.282 e. The van der Waals surface area contributed by atoms with Crippen LogP contribution in [0.25, 0.3) is 0 Å². The van der Waals surface area contributed by atoms with Gasteiger partial charge in [0.2, 0.25) is 0 Å². The van der Waals surface area contributed by atoms with Gasteiger partial charge in [0.25, 0.3) is 0 Å². The van der Waals surface area contributed by atoms with Crippen LogP contribution in [0, 0.1) is 16.7 Å². The summed E-state index contributed by atoms with van der Waals surface area (Å²) in [5.74, 6) is 1.52. The van der Waals surface area contributed by atoms with E-state index in [-0.39, 0.29) is 0 Å². The molecule has 1 atom stereocenters. The fourth-order valence-electron chi connectivity index (χ4n) is 1.97. The summed E-state index contributed by atoms with van der Waals surface area (Å²) in [7, 11) is 0. The molecule has 0 fully saturated rings. The van der Waals surface area contributed by atoms with Crippen molar-refractivity contribution in [3.05, 3.63) is 23.3 Å². The highest BCUT2D eigenvalue weighted by atomic mass is 32.2. The zero-order valence-electron chi connectivity index (χ0n) is 10.9. The largest absolute Gasteiger partial charge is 0.282 e. The molecular weight excluding hydrogens is 244 g/mol. The Bertz CT molecular complexity index is 487. The van der Waals surface area contributed by atoms with Gasteiger partial charge in [0.1, 0.15) is 0 Å². The Morgan fingerprint density at radius 3 is 2.94 bits per heavy atom. The number of thioether (sulfide) groups is 1.